The van der Waals surface area contributed by atoms with Gasteiger partial charge in [0, 0.05) is 48.1 Å². The van der Waals surface area contributed by atoms with Crippen LogP contribution in [0.5, 0.6) is 0 Å². The van der Waals surface area contributed by atoms with Gasteiger partial charge in [-0.25, -0.2) is 19.9 Å². The Morgan fingerprint density at radius 1 is 1.25 bits per heavy atom. The van der Waals surface area contributed by atoms with Crippen molar-refractivity contribution in [3.05, 3.63) is 42.2 Å². The monoisotopic (exact) mass is 390 g/mol. The summed E-state index contributed by atoms with van der Waals surface area (Å²) in [6.07, 6.45) is 11.6. The summed E-state index contributed by atoms with van der Waals surface area (Å²) in [5.41, 5.74) is 10.2. The molecule has 0 aromatic carbocycles. The molecule has 1 aliphatic carbocycles. The van der Waals surface area contributed by atoms with Crippen molar-refractivity contribution >= 4 is 33.0 Å². The Bertz CT molecular complexity index is 1190. The predicted molar refractivity (Wildman–Crippen MR) is 109 cm³/mol. The molecule has 8 heteroatoms. The highest BCUT2D eigenvalue weighted by atomic mass is 32.1. The van der Waals surface area contributed by atoms with Crippen LogP contribution in [0.15, 0.2) is 37.3 Å². The maximum absolute atomic E-state index is 12.9. The molecule has 0 radical (unpaired) electrons. The molecule has 0 unspecified atom stereocenters. The lowest BCUT2D eigenvalue weighted by atomic mass is 9.81. The van der Waals surface area contributed by atoms with Crippen LogP contribution in [-0.2, 0) is 7.05 Å². The number of aryl methyl sites for hydroxylation is 1. The molecule has 1 saturated carbocycles. The van der Waals surface area contributed by atoms with Gasteiger partial charge in [-0.1, -0.05) is 6.42 Å². The number of nitrogens with two attached hydrogens (primary N) is 1. The Hall–Kier alpha value is -3.13. The van der Waals surface area contributed by atoms with Crippen molar-refractivity contribution in [1.82, 2.24) is 24.5 Å². The smallest absolute Gasteiger partial charge is 0.178 e. The molecule has 1 aliphatic rings. The Morgan fingerprint density at radius 3 is 2.68 bits per heavy atom. The molecule has 0 amide bonds. The van der Waals surface area contributed by atoms with Gasteiger partial charge < -0.3 is 10.3 Å². The second-order valence-electron chi connectivity index (χ2n) is 7.12. The average Bonchev–Trinajstić information content (AvgIpc) is 3.24. The van der Waals surface area contributed by atoms with Crippen molar-refractivity contribution in [1.29, 1.82) is 0 Å². The predicted octanol–water partition coefficient (Wildman–Crippen LogP) is 3.72. The van der Waals surface area contributed by atoms with Crippen molar-refractivity contribution < 1.29 is 4.79 Å². The molecule has 140 valence electrons. The average molecular weight is 390 g/mol. The van der Waals surface area contributed by atoms with Gasteiger partial charge in [-0.05, 0) is 18.9 Å². The third-order valence-electron chi connectivity index (χ3n) is 5.24. The highest BCUT2D eigenvalue weighted by Crippen LogP contribution is 2.43. The van der Waals surface area contributed by atoms with Crippen LogP contribution in [-0.4, -0.2) is 30.3 Å². The fourth-order valence-electron chi connectivity index (χ4n) is 3.49. The molecule has 4 aromatic rings. The van der Waals surface area contributed by atoms with Crippen molar-refractivity contribution in [2.45, 2.75) is 19.3 Å². The molecule has 4 aromatic heterocycles. The van der Waals surface area contributed by atoms with Crippen molar-refractivity contribution in [2.24, 2.45) is 13.0 Å². The quantitative estimate of drug-likeness (QED) is 0.533. The number of thiophene rings is 1. The first kappa shape index (κ1) is 17.0. The molecule has 4 heterocycles. The molecule has 5 rings (SSSR count). The van der Waals surface area contributed by atoms with Gasteiger partial charge in [0.25, 0.3) is 0 Å². The number of imidazole rings is 1. The van der Waals surface area contributed by atoms with Crippen LogP contribution in [0.1, 0.15) is 28.9 Å². The first-order valence-corrected chi connectivity index (χ1v) is 9.94. The molecule has 2 N–H and O–H groups in total. The van der Waals surface area contributed by atoms with E-state index >= 15 is 0 Å². The molecule has 0 aliphatic heterocycles. The number of fused-ring (bicyclic) bond motifs is 1. The fourth-order valence-corrected chi connectivity index (χ4v) is 4.63. The van der Waals surface area contributed by atoms with Crippen LogP contribution in [0.25, 0.3) is 32.7 Å². The number of pyridine rings is 1. The van der Waals surface area contributed by atoms with E-state index in [0.29, 0.717) is 10.6 Å². The van der Waals surface area contributed by atoms with E-state index in [-0.39, 0.29) is 11.7 Å². The van der Waals surface area contributed by atoms with Crippen molar-refractivity contribution in [3.8, 4) is 22.5 Å². The van der Waals surface area contributed by atoms with Gasteiger partial charge >= 0.3 is 0 Å². The van der Waals surface area contributed by atoms with Gasteiger partial charge in [0.05, 0.1) is 28.3 Å². The number of hydrogen-bond acceptors (Lipinski definition) is 7. The summed E-state index contributed by atoms with van der Waals surface area (Å²) >= 11 is 1.37. The first-order chi connectivity index (χ1) is 13.6. The maximum atomic E-state index is 12.9. The summed E-state index contributed by atoms with van der Waals surface area (Å²) in [6, 6.07) is 1.95. The van der Waals surface area contributed by atoms with Crippen LogP contribution >= 0.6 is 11.3 Å². The second kappa shape index (κ2) is 6.49. The number of carbonyl (C=O) groups is 1. The minimum absolute atomic E-state index is 0.0932. The molecular formula is C20H18N6OS. The van der Waals surface area contributed by atoms with Gasteiger partial charge in [-0.15, -0.1) is 11.3 Å². The standard InChI is InChI=1S/C20H18N6OS/c1-26-8-15(24-10-26)13-5-14(12-6-22-9-23-7-12)25-20-16(13)17(21)19(28-20)18(27)11-3-2-4-11/h5-11H,2-4,21H2,1H3. The first-order valence-electron chi connectivity index (χ1n) is 9.13. The van der Waals surface area contributed by atoms with Crippen LogP contribution in [0, 0.1) is 5.92 Å². The highest BCUT2D eigenvalue weighted by Gasteiger charge is 2.30. The normalized spacial score (nSPS) is 14.3. The molecule has 0 saturated heterocycles. The lowest BCUT2D eigenvalue weighted by molar-refractivity contribution is 0.0860. The third-order valence-corrected chi connectivity index (χ3v) is 6.35. The summed E-state index contributed by atoms with van der Waals surface area (Å²) < 4.78 is 1.88. The van der Waals surface area contributed by atoms with Crippen LogP contribution < -0.4 is 5.73 Å². The second-order valence-corrected chi connectivity index (χ2v) is 8.12. The Morgan fingerprint density at radius 2 is 2.04 bits per heavy atom. The number of carbonyl (C=O) groups excluding carboxylic acids is 1. The Balaban J connectivity index is 1.76. The minimum Gasteiger partial charge on any atom is -0.397 e. The zero-order chi connectivity index (χ0) is 19.3. The zero-order valence-electron chi connectivity index (χ0n) is 15.3. The van der Waals surface area contributed by atoms with Crippen LogP contribution in [0.3, 0.4) is 0 Å². The number of rotatable bonds is 4. The van der Waals surface area contributed by atoms with E-state index in [9.17, 15) is 4.79 Å². The highest BCUT2D eigenvalue weighted by molar-refractivity contribution is 7.21. The van der Waals surface area contributed by atoms with E-state index in [0.717, 1.165) is 52.0 Å². The number of anilines is 1. The third kappa shape index (κ3) is 2.68. The van der Waals surface area contributed by atoms with E-state index in [2.05, 4.69) is 15.0 Å². The number of Topliss-reactive ketones (excluding diaryl/α,β-unsaturated/α-hetero) is 1. The number of nitrogens with zero attached hydrogens (tertiary/aromatic N) is 5. The number of hydrogen-bond donors (Lipinski definition) is 1. The molecule has 0 bridgehead atoms. The summed E-state index contributed by atoms with van der Waals surface area (Å²) in [7, 11) is 1.92. The van der Waals surface area contributed by atoms with Crippen LogP contribution in [0.2, 0.25) is 0 Å². The van der Waals surface area contributed by atoms with Gasteiger partial charge in [-0.3, -0.25) is 4.79 Å². The number of nitrogen functional groups attached to an aromatic ring is 1. The topological polar surface area (TPSA) is 99.6 Å². The van der Waals surface area contributed by atoms with Gasteiger partial charge in [0.1, 0.15) is 11.2 Å². The summed E-state index contributed by atoms with van der Waals surface area (Å²) in [4.78, 5) is 31.7. The molecule has 0 spiro atoms. The van der Waals surface area contributed by atoms with E-state index in [1.54, 1.807) is 18.7 Å². The Kier molecular flexibility index (Phi) is 3.94. The lowest BCUT2D eigenvalue weighted by Gasteiger charge is -2.23. The minimum atomic E-state index is 0.0932. The SMILES string of the molecule is Cn1cnc(-c2cc(-c3cncnc3)nc3sc(C(=O)C4CCC4)c(N)c23)c1. The molecular weight excluding hydrogens is 372 g/mol. The maximum Gasteiger partial charge on any atom is 0.178 e. The van der Waals surface area contributed by atoms with Crippen molar-refractivity contribution in [3.63, 3.8) is 0 Å². The van der Waals surface area contributed by atoms with E-state index in [1.165, 1.54) is 17.7 Å². The summed E-state index contributed by atoms with van der Waals surface area (Å²) in [5.74, 6) is 0.235. The molecule has 1 fully saturated rings. The number of aromatic nitrogens is 5. The molecule has 0 atom stereocenters. The Labute approximate surface area is 165 Å². The van der Waals surface area contributed by atoms with Gasteiger partial charge in [0.2, 0.25) is 0 Å². The summed E-state index contributed by atoms with van der Waals surface area (Å²) in [5, 5.41) is 0.798. The molecule has 7 nitrogen and oxygen atoms in total. The largest absolute Gasteiger partial charge is 0.397 e. The fraction of sp³-hybridized carbons (Fsp3) is 0.250. The van der Waals surface area contributed by atoms with Crippen molar-refractivity contribution in [2.75, 3.05) is 5.73 Å². The van der Waals surface area contributed by atoms with Gasteiger partial charge in [-0.2, -0.15) is 0 Å². The van der Waals surface area contributed by atoms with Crippen LogP contribution in [0.4, 0.5) is 5.69 Å². The molecule has 28 heavy (non-hydrogen) atoms. The van der Waals surface area contributed by atoms with Gasteiger partial charge in [0.15, 0.2) is 5.78 Å². The van der Waals surface area contributed by atoms with E-state index in [1.807, 2.05) is 23.9 Å². The summed E-state index contributed by atoms with van der Waals surface area (Å²) in [6.45, 7) is 0. The lowest BCUT2D eigenvalue weighted by Crippen LogP contribution is -2.21. The van der Waals surface area contributed by atoms with E-state index in [4.69, 9.17) is 10.7 Å². The van der Waals surface area contributed by atoms with E-state index < -0.39 is 0 Å². The zero-order valence-corrected chi connectivity index (χ0v) is 16.1. The number of ketones is 1.